The Morgan fingerprint density at radius 3 is 2.62 bits per heavy atom. The Morgan fingerprint density at radius 2 is 1.88 bits per heavy atom. The molecule has 0 aliphatic carbocycles. The first-order valence-corrected chi connectivity index (χ1v) is 8.85. The molecule has 2 aromatic carbocycles. The molecule has 26 heavy (non-hydrogen) atoms. The third-order valence-electron chi connectivity index (χ3n) is 3.55. The fourth-order valence-electron chi connectivity index (χ4n) is 2.23. The minimum atomic E-state index is -0.272. The number of hydrogen-bond donors (Lipinski definition) is 2. The minimum absolute atomic E-state index is 0.261. The number of aryl methyl sites for hydroxylation is 1. The number of thiazole rings is 1. The van der Waals surface area contributed by atoms with Gasteiger partial charge in [-0.15, -0.1) is 11.3 Å². The number of hydrogen-bond acceptors (Lipinski definition) is 4. The fraction of sp³-hybridized carbons (Fsp3) is 0.0500. The normalized spacial score (nSPS) is 10.7. The highest BCUT2D eigenvalue weighted by Gasteiger charge is 2.08. The average molecular weight is 363 g/mol. The number of nitrogens with zero attached hydrogens (tertiary/aromatic N) is 1. The summed E-state index contributed by atoms with van der Waals surface area (Å²) in [4.78, 5) is 28.3. The number of benzene rings is 2. The molecule has 0 unspecified atom stereocenters. The van der Waals surface area contributed by atoms with Crippen molar-refractivity contribution in [2.45, 2.75) is 6.92 Å². The minimum Gasteiger partial charge on any atom is -0.322 e. The molecule has 3 aromatic rings. The third kappa shape index (κ3) is 4.87. The van der Waals surface area contributed by atoms with E-state index >= 15 is 0 Å². The van der Waals surface area contributed by atoms with Crippen molar-refractivity contribution in [3.8, 4) is 0 Å². The molecule has 0 saturated carbocycles. The Hall–Kier alpha value is -3.25. The Balaban J connectivity index is 1.63. The summed E-state index contributed by atoms with van der Waals surface area (Å²) in [5, 5.41) is 7.79. The Labute approximate surface area is 155 Å². The molecule has 6 heteroatoms. The van der Waals surface area contributed by atoms with Gasteiger partial charge in [-0.1, -0.05) is 35.9 Å². The number of rotatable bonds is 5. The van der Waals surface area contributed by atoms with E-state index in [1.54, 1.807) is 41.9 Å². The molecule has 2 amide bonds. The molecule has 0 saturated heterocycles. The van der Waals surface area contributed by atoms with Crippen molar-refractivity contribution < 1.29 is 9.59 Å². The van der Waals surface area contributed by atoms with Gasteiger partial charge in [0.05, 0.1) is 0 Å². The summed E-state index contributed by atoms with van der Waals surface area (Å²) in [5.74, 6) is -0.533. The van der Waals surface area contributed by atoms with Crippen LogP contribution in [0, 0.1) is 6.92 Å². The number of aromatic nitrogens is 1. The van der Waals surface area contributed by atoms with E-state index in [2.05, 4.69) is 15.6 Å². The quantitative estimate of drug-likeness (QED) is 0.662. The molecule has 0 radical (unpaired) electrons. The summed E-state index contributed by atoms with van der Waals surface area (Å²) in [7, 11) is 0. The van der Waals surface area contributed by atoms with Crippen LogP contribution in [0.3, 0.4) is 0 Å². The maximum absolute atomic E-state index is 12.2. The average Bonchev–Trinajstić information content (AvgIpc) is 3.14. The Bertz CT molecular complexity index is 932. The smallest absolute Gasteiger partial charge is 0.257 e. The lowest BCUT2D eigenvalue weighted by molar-refractivity contribution is -0.111. The van der Waals surface area contributed by atoms with E-state index in [0.29, 0.717) is 16.4 Å². The molecule has 0 fully saturated rings. The summed E-state index contributed by atoms with van der Waals surface area (Å²) < 4.78 is 0. The predicted molar refractivity (Wildman–Crippen MR) is 105 cm³/mol. The lowest BCUT2D eigenvalue weighted by Gasteiger charge is -2.06. The predicted octanol–water partition coefficient (Wildman–Crippen LogP) is 4.36. The maximum atomic E-state index is 12.2. The van der Waals surface area contributed by atoms with Crippen LogP contribution in [0.2, 0.25) is 0 Å². The van der Waals surface area contributed by atoms with E-state index in [4.69, 9.17) is 0 Å². The van der Waals surface area contributed by atoms with E-state index in [-0.39, 0.29) is 11.8 Å². The first kappa shape index (κ1) is 17.6. The zero-order chi connectivity index (χ0) is 18.4. The Kier molecular flexibility index (Phi) is 5.56. The van der Waals surface area contributed by atoms with E-state index < -0.39 is 0 Å². The van der Waals surface area contributed by atoms with Gasteiger partial charge >= 0.3 is 0 Å². The summed E-state index contributed by atoms with van der Waals surface area (Å²) in [6.07, 6.45) is 4.83. The standard InChI is InChI=1S/C20H17N3O2S/c1-14-5-7-15(8-6-14)9-10-18(24)22-17-4-2-3-16(13-17)19(25)23-20-21-11-12-26-20/h2-13H,1H3,(H,22,24)(H,21,23,25)/b10-9+. The van der Waals surface area contributed by atoms with Crippen molar-refractivity contribution >= 4 is 40.0 Å². The number of anilines is 2. The van der Waals surface area contributed by atoms with Crippen LogP contribution < -0.4 is 10.6 Å². The second-order valence-corrected chi connectivity index (χ2v) is 6.50. The van der Waals surface area contributed by atoms with Crippen molar-refractivity contribution in [3.63, 3.8) is 0 Å². The number of amides is 2. The Morgan fingerprint density at radius 1 is 1.08 bits per heavy atom. The molecule has 0 aliphatic rings. The van der Waals surface area contributed by atoms with Crippen LogP contribution in [0.5, 0.6) is 0 Å². The highest BCUT2D eigenvalue weighted by molar-refractivity contribution is 7.13. The number of carbonyl (C=O) groups excluding carboxylic acids is 2. The molecular formula is C20H17N3O2S. The molecular weight excluding hydrogens is 346 g/mol. The van der Waals surface area contributed by atoms with Gasteiger partial charge in [-0.25, -0.2) is 4.98 Å². The van der Waals surface area contributed by atoms with Crippen LogP contribution in [-0.4, -0.2) is 16.8 Å². The fourth-order valence-corrected chi connectivity index (χ4v) is 2.75. The van der Waals surface area contributed by atoms with Crippen molar-refractivity contribution in [1.29, 1.82) is 0 Å². The highest BCUT2D eigenvalue weighted by atomic mass is 32.1. The van der Waals surface area contributed by atoms with Gasteiger partial charge in [0.15, 0.2) is 5.13 Å². The maximum Gasteiger partial charge on any atom is 0.257 e. The molecule has 0 spiro atoms. The van der Waals surface area contributed by atoms with Crippen LogP contribution in [0.4, 0.5) is 10.8 Å². The molecule has 5 nitrogen and oxygen atoms in total. The van der Waals surface area contributed by atoms with Gasteiger partial charge in [-0.2, -0.15) is 0 Å². The van der Waals surface area contributed by atoms with E-state index in [9.17, 15) is 9.59 Å². The van der Waals surface area contributed by atoms with E-state index in [0.717, 1.165) is 5.56 Å². The van der Waals surface area contributed by atoms with Crippen LogP contribution in [-0.2, 0) is 4.79 Å². The third-order valence-corrected chi connectivity index (χ3v) is 4.24. The zero-order valence-electron chi connectivity index (χ0n) is 14.1. The second kappa shape index (κ2) is 8.22. The van der Waals surface area contributed by atoms with Crippen LogP contribution in [0.15, 0.2) is 66.2 Å². The van der Waals surface area contributed by atoms with Gasteiger partial charge in [-0.05, 0) is 36.8 Å². The molecule has 1 heterocycles. The summed E-state index contributed by atoms with van der Waals surface area (Å²) in [6, 6.07) is 14.6. The summed E-state index contributed by atoms with van der Waals surface area (Å²) in [6.45, 7) is 2.01. The molecule has 2 N–H and O–H groups in total. The lowest BCUT2D eigenvalue weighted by Crippen LogP contribution is -2.13. The molecule has 0 atom stereocenters. The summed E-state index contributed by atoms with van der Waals surface area (Å²) in [5.41, 5.74) is 3.11. The largest absolute Gasteiger partial charge is 0.322 e. The highest BCUT2D eigenvalue weighted by Crippen LogP contribution is 2.15. The van der Waals surface area contributed by atoms with Gasteiger partial charge in [0.25, 0.3) is 5.91 Å². The number of carbonyl (C=O) groups is 2. The van der Waals surface area contributed by atoms with Gasteiger partial charge in [0.2, 0.25) is 5.91 Å². The lowest BCUT2D eigenvalue weighted by atomic mass is 10.1. The molecule has 130 valence electrons. The van der Waals surface area contributed by atoms with Crippen LogP contribution >= 0.6 is 11.3 Å². The van der Waals surface area contributed by atoms with Gasteiger partial charge in [0.1, 0.15) is 0 Å². The van der Waals surface area contributed by atoms with E-state index in [1.165, 1.54) is 23.0 Å². The first-order chi connectivity index (χ1) is 12.6. The van der Waals surface area contributed by atoms with Gasteiger partial charge < -0.3 is 5.32 Å². The molecule has 3 rings (SSSR count). The van der Waals surface area contributed by atoms with Crippen molar-refractivity contribution in [2.75, 3.05) is 10.6 Å². The number of nitrogens with one attached hydrogen (secondary N) is 2. The molecule has 0 aliphatic heterocycles. The van der Waals surface area contributed by atoms with Gasteiger partial charge in [-0.3, -0.25) is 14.9 Å². The topological polar surface area (TPSA) is 71.1 Å². The SMILES string of the molecule is Cc1ccc(/C=C/C(=O)Nc2cccc(C(=O)Nc3nccs3)c2)cc1. The van der Waals surface area contributed by atoms with Crippen LogP contribution in [0.25, 0.3) is 6.08 Å². The van der Waals surface area contributed by atoms with E-state index in [1.807, 2.05) is 31.2 Å². The zero-order valence-corrected chi connectivity index (χ0v) is 14.9. The van der Waals surface area contributed by atoms with Crippen molar-refractivity contribution in [1.82, 2.24) is 4.98 Å². The summed E-state index contributed by atoms with van der Waals surface area (Å²) >= 11 is 1.34. The monoisotopic (exact) mass is 363 g/mol. The van der Waals surface area contributed by atoms with Gasteiger partial charge in [0, 0.05) is 28.9 Å². The second-order valence-electron chi connectivity index (χ2n) is 5.61. The molecule has 0 bridgehead atoms. The van der Waals surface area contributed by atoms with Crippen LogP contribution in [0.1, 0.15) is 21.5 Å². The first-order valence-electron chi connectivity index (χ1n) is 7.97. The molecule has 1 aromatic heterocycles. The van der Waals surface area contributed by atoms with Crippen molar-refractivity contribution in [3.05, 3.63) is 82.9 Å². The van der Waals surface area contributed by atoms with Crippen molar-refractivity contribution in [2.24, 2.45) is 0 Å².